The van der Waals surface area contributed by atoms with Crippen molar-refractivity contribution in [2.24, 2.45) is 0 Å². The average Bonchev–Trinajstić information content (AvgIpc) is 3.10. The van der Waals surface area contributed by atoms with Gasteiger partial charge in [0.05, 0.1) is 25.1 Å². The van der Waals surface area contributed by atoms with E-state index >= 15 is 0 Å². The van der Waals surface area contributed by atoms with Crippen LogP contribution in [0.5, 0.6) is 5.75 Å². The lowest BCUT2D eigenvalue weighted by molar-refractivity contribution is 0.0533. The standard InChI is InChI=1S/C23H20N2O3S/c1-3-28-23(26)21-20(24)19-17(15-10-7-11-16(12-15)27-2)13-18(25-22(19)29-21)14-8-5-4-6-9-14/h4-13H,3,24H2,1-2H3. The number of esters is 1. The van der Waals surface area contributed by atoms with Crippen LogP contribution in [0.15, 0.2) is 60.7 Å². The van der Waals surface area contributed by atoms with Crippen LogP contribution in [0.4, 0.5) is 5.69 Å². The SMILES string of the molecule is CCOC(=O)c1sc2nc(-c3ccccc3)cc(-c3cccc(OC)c3)c2c1N. The maximum atomic E-state index is 12.4. The summed E-state index contributed by atoms with van der Waals surface area (Å²) in [6.45, 7) is 2.06. The number of pyridine rings is 1. The number of methoxy groups -OCH3 is 1. The molecule has 2 aromatic carbocycles. The van der Waals surface area contributed by atoms with Crippen LogP contribution in [0.1, 0.15) is 16.6 Å². The Kier molecular flexibility index (Phi) is 5.18. The molecule has 0 fully saturated rings. The lowest BCUT2D eigenvalue weighted by Crippen LogP contribution is -2.04. The van der Waals surface area contributed by atoms with Crippen LogP contribution in [-0.4, -0.2) is 24.7 Å². The zero-order valence-corrected chi connectivity index (χ0v) is 17.0. The molecule has 0 aliphatic heterocycles. The number of thiophene rings is 1. The molecule has 0 atom stereocenters. The molecular weight excluding hydrogens is 384 g/mol. The largest absolute Gasteiger partial charge is 0.497 e. The zero-order valence-electron chi connectivity index (χ0n) is 16.1. The van der Waals surface area contributed by atoms with Gasteiger partial charge in [0.15, 0.2) is 0 Å². The van der Waals surface area contributed by atoms with Crippen molar-refractivity contribution >= 4 is 33.2 Å². The van der Waals surface area contributed by atoms with E-state index in [1.807, 2.05) is 60.7 Å². The highest BCUT2D eigenvalue weighted by atomic mass is 32.1. The third kappa shape index (κ3) is 3.54. The molecule has 4 aromatic rings. The molecule has 0 saturated heterocycles. The van der Waals surface area contributed by atoms with Crippen molar-refractivity contribution in [3.05, 3.63) is 65.5 Å². The first kappa shape index (κ1) is 19.0. The second-order valence-corrected chi connectivity index (χ2v) is 7.40. The predicted molar refractivity (Wildman–Crippen MR) is 117 cm³/mol. The van der Waals surface area contributed by atoms with E-state index in [4.69, 9.17) is 20.2 Å². The molecule has 2 N–H and O–H groups in total. The minimum absolute atomic E-state index is 0.290. The zero-order chi connectivity index (χ0) is 20.4. The molecule has 0 unspecified atom stereocenters. The van der Waals surface area contributed by atoms with Crippen molar-refractivity contribution in [3.63, 3.8) is 0 Å². The second-order valence-electron chi connectivity index (χ2n) is 6.40. The molecule has 2 heterocycles. The molecule has 0 aliphatic rings. The molecule has 0 bridgehead atoms. The summed E-state index contributed by atoms with van der Waals surface area (Å²) in [5.41, 5.74) is 10.4. The molecule has 4 rings (SSSR count). The minimum Gasteiger partial charge on any atom is -0.497 e. The van der Waals surface area contributed by atoms with Gasteiger partial charge in [0.1, 0.15) is 15.5 Å². The van der Waals surface area contributed by atoms with Gasteiger partial charge in [0.2, 0.25) is 0 Å². The predicted octanol–water partition coefficient (Wildman–Crippen LogP) is 5.40. The van der Waals surface area contributed by atoms with Crippen LogP contribution in [0, 0.1) is 0 Å². The molecule has 29 heavy (non-hydrogen) atoms. The van der Waals surface area contributed by atoms with Crippen molar-refractivity contribution in [3.8, 4) is 28.1 Å². The number of nitrogen functional groups attached to an aromatic ring is 1. The quantitative estimate of drug-likeness (QED) is 0.451. The number of rotatable bonds is 5. The van der Waals surface area contributed by atoms with Crippen LogP contribution in [-0.2, 0) is 4.74 Å². The number of hydrogen-bond donors (Lipinski definition) is 1. The van der Waals surface area contributed by atoms with Crippen LogP contribution >= 0.6 is 11.3 Å². The summed E-state index contributed by atoms with van der Waals surface area (Å²) in [6.07, 6.45) is 0. The molecule has 0 spiro atoms. The van der Waals surface area contributed by atoms with Crippen LogP contribution in [0.25, 0.3) is 32.6 Å². The fourth-order valence-electron chi connectivity index (χ4n) is 3.24. The average molecular weight is 404 g/mol. The maximum absolute atomic E-state index is 12.4. The first-order chi connectivity index (χ1) is 14.1. The van der Waals surface area contributed by atoms with E-state index in [0.29, 0.717) is 15.4 Å². The Balaban J connectivity index is 2.01. The summed E-state index contributed by atoms with van der Waals surface area (Å²) >= 11 is 1.26. The minimum atomic E-state index is -0.425. The van der Waals surface area contributed by atoms with E-state index in [2.05, 4.69) is 0 Å². The smallest absolute Gasteiger partial charge is 0.350 e. The van der Waals surface area contributed by atoms with E-state index in [0.717, 1.165) is 33.5 Å². The van der Waals surface area contributed by atoms with Gasteiger partial charge < -0.3 is 15.2 Å². The monoisotopic (exact) mass is 404 g/mol. The van der Waals surface area contributed by atoms with Gasteiger partial charge in [-0.05, 0) is 36.2 Å². The molecule has 6 heteroatoms. The van der Waals surface area contributed by atoms with Gasteiger partial charge >= 0.3 is 5.97 Å². The Labute approximate surface area is 172 Å². The van der Waals surface area contributed by atoms with Gasteiger partial charge in [-0.2, -0.15) is 0 Å². The third-order valence-corrected chi connectivity index (χ3v) is 5.69. The number of fused-ring (bicyclic) bond motifs is 1. The summed E-state index contributed by atoms with van der Waals surface area (Å²) in [4.78, 5) is 18.3. The number of nitrogens with zero attached hydrogens (tertiary/aromatic N) is 1. The third-order valence-electron chi connectivity index (χ3n) is 4.61. The second kappa shape index (κ2) is 7.93. The fourth-order valence-corrected chi connectivity index (χ4v) is 4.26. The molecule has 0 amide bonds. The lowest BCUT2D eigenvalue weighted by Gasteiger charge is -2.10. The molecule has 0 aliphatic carbocycles. The number of carbonyl (C=O) groups is 1. The van der Waals surface area contributed by atoms with Crippen LogP contribution in [0.2, 0.25) is 0 Å². The van der Waals surface area contributed by atoms with Crippen molar-refractivity contribution in [2.45, 2.75) is 6.92 Å². The topological polar surface area (TPSA) is 74.4 Å². The number of aromatic nitrogens is 1. The Bertz CT molecular complexity index is 1190. The number of hydrogen-bond acceptors (Lipinski definition) is 6. The number of carbonyl (C=O) groups excluding carboxylic acids is 1. The molecule has 0 saturated carbocycles. The van der Waals surface area contributed by atoms with E-state index in [9.17, 15) is 4.79 Å². The van der Waals surface area contributed by atoms with Crippen LogP contribution in [0.3, 0.4) is 0 Å². The fraction of sp³-hybridized carbons (Fsp3) is 0.130. The summed E-state index contributed by atoms with van der Waals surface area (Å²) in [7, 11) is 1.63. The highest BCUT2D eigenvalue weighted by Crippen LogP contribution is 2.42. The summed E-state index contributed by atoms with van der Waals surface area (Å²) in [5, 5.41) is 0.756. The van der Waals surface area contributed by atoms with Gasteiger partial charge in [0, 0.05) is 10.9 Å². The normalized spacial score (nSPS) is 10.8. The highest BCUT2D eigenvalue weighted by Gasteiger charge is 2.22. The first-order valence-electron chi connectivity index (χ1n) is 9.22. The van der Waals surface area contributed by atoms with Crippen molar-refractivity contribution in [2.75, 3.05) is 19.5 Å². The number of anilines is 1. The number of nitrogens with two attached hydrogens (primary N) is 1. The number of ether oxygens (including phenoxy) is 2. The van der Waals surface area contributed by atoms with E-state index in [1.54, 1.807) is 14.0 Å². The van der Waals surface area contributed by atoms with Gasteiger partial charge in [-0.3, -0.25) is 0 Å². The van der Waals surface area contributed by atoms with Crippen molar-refractivity contribution < 1.29 is 14.3 Å². The highest BCUT2D eigenvalue weighted by molar-refractivity contribution is 7.21. The van der Waals surface area contributed by atoms with Crippen molar-refractivity contribution in [1.82, 2.24) is 4.98 Å². The summed E-state index contributed by atoms with van der Waals surface area (Å²) in [5.74, 6) is 0.319. The molecule has 2 aromatic heterocycles. The molecule has 0 radical (unpaired) electrons. The summed E-state index contributed by atoms with van der Waals surface area (Å²) < 4.78 is 10.6. The van der Waals surface area contributed by atoms with Crippen LogP contribution < -0.4 is 10.5 Å². The van der Waals surface area contributed by atoms with Crippen molar-refractivity contribution in [1.29, 1.82) is 0 Å². The molecule has 146 valence electrons. The van der Waals surface area contributed by atoms with Gasteiger partial charge in [-0.1, -0.05) is 42.5 Å². The van der Waals surface area contributed by atoms with E-state index in [1.165, 1.54) is 11.3 Å². The Morgan fingerprint density at radius 2 is 1.83 bits per heavy atom. The van der Waals surface area contributed by atoms with E-state index < -0.39 is 5.97 Å². The first-order valence-corrected chi connectivity index (χ1v) is 10.0. The summed E-state index contributed by atoms with van der Waals surface area (Å²) in [6, 6.07) is 19.7. The Morgan fingerprint density at radius 1 is 1.07 bits per heavy atom. The van der Waals surface area contributed by atoms with Gasteiger partial charge in [0.25, 0.3) is 0 Å². The van der Waals surface area contributed by atoms with Gasteiger partial charge in [-0.15, -0.1) is 11.3 Å². The molecule has 5 nitrogen and oxygen atoms in total. The number of benzene rings is 2. The van der Waals surface area contributed by atoms with E-state index in [-0.39, 0.29) is 6.61 Å². The van der Waals surface area contributed by atoms with Gasteiger partial charge in [-0.25, -0.2) is 9.78 Å². The lowest BCUT2D eigenvalue weighted by atomic mass is 9.99. The Hall–Kier alpha value is -3.38. The Morgan fingerprint density at radius 3 is 2.55 bits per heavy atom. The maximum Gasteiger partial charge on any atom is 0.350 e. The molecular formula is C23H20N2O3S.